The Morgan fingerprint density at radius 2 is 2.27 bits per heavy atom. The Labute approximate surface area is 66.3 Å². The van der Waals surface area contributed by atoms with Gasteiger partial charge in [-0.1, -0.05) is 0 Å². The summed E-state index contributed by atoms with van der Waals surface area (Å²) in [4.78, 5) is 0. The predicted octanol–water partition coefficient (Wildman–Crippen LogP) is -0.391. The molecule has 0 radical (unpaired) electrons. The van der Waals surface area contributed by atoms with E-state index in [1.54, 1.807) is 0 Å². The Morgan fingerprint density at radius 3 is 2.55 bits per heavy atom. The highest BCUT2D eigenvalue weighted by molar-refractivity contribution is 5.20. The molecule has 3 heteroatoms. The van der Waals surface area contributed by atoms with Gasteiger partial charge in [0.05, 0.1) is 6.10 Å². The molecule has 2 saturated heterocycles. The molecule has 0 aromatic heterocycles. The topological polar surface area (TPSA) is 47.3 Å². The third kappa shape index (κ3) is 0.567. The minimum Gasteiger partial charge on any atom is -0.367 e. The highest BCUT2D eigenvalue weighted by Crippen LogP contribution is 2.50. The molecule has 2 atom stereocenters. The molecule has 3 aliphatic rings. The number of hydrogen-bond donors (Lipinski definition) is 2. The molecule has 3 fully saturated rings. The zero-order chi connectivity index (χ0) is 7.53. The van der Waals surface area contributed by atoms with Crippen molar-refractivity contribution in [3.05, 3.63) is 0 Å². The molecule has 1 spiro atoms. The van der Waals surface area contributed by atoms with Crippen LogP contribution in [0.2, 0.25) is 0 Å². The number of nitrogens with two attached hydrogens (primary N) is 1. The molecule has 2 unspecified atom stereocenters. The normalized spacial score (nSPS) is 51.5. The molecule has 2 heterocycles. The van der Waals surface area contributed by atoms with Gasteiger partial charge in [0.15, 0.2) is 0 Å². The number of nitrogens with one attached hydrogen (secondary N) is 1. The first-order chi connectivity index (χ1) is 5.24. The molecule has 0 amide bonds. The SMILES string of the molecule is NC12CCC(C1)OC21CNC1. The van der Waals surface area contributed by atoms with Crippen molar-refractivity contribution in [2.24, 2.45) is 5.73 Å². The first kappa shape index (κ1) is 6.40. The standard InChI is InChI=1S/C8H14N2O/c9-7-2-1-6(3-7)11-8(7)4-10-5-8/h6,10H,1-5,9H2. The van der Waals surface area contributed by atoms with Crippen molar-refractivity contribution < 1.29 is 4.74 Å². The largest absolute Gasteiger partial charge is 0.367 e. The van der Waals surface area contributed by atoms with Gasteiger partial charge in [-0.05, 0) is 19.3 Å². The van der Waals surface area contributed by atoms with Gasteiger partial charge in [0.2, 0.25) is 0 Å². The molecule has 3 rings (SSSR count). The minimum absolute atomic E-state index is 0.0168. The van der Waals surface area contributed by atoms with Crippen LogP contribution in [0, 0.1) is 0 Å². The first-order valence-corrected chi connectivity index (χ1v) is 4.42. The second kappa shape index (κ2) is 1.63. The second-order valence-electron chi connectivity index (χ2n) is 4.24. The average Bonchev–Trinajstić information content (AvgIpc) is 2.36. The summed E-state index contributed by atoms with van der Waals surface area (Å²) in [6.07, 6.45) is 3.91. The van der Waals surface area contributed by atoms with Crippen LogP contribution in [-0.2, 0) is 4.74 Å². The van der Waals surface area contributed by atoms with E-state index in [9.17, 15) is 0 Å². The Kier molecular flexibility index (Phi) is 0.947. The summed E-state index contributed by atoms with van der Waals surface area (Å²) in [5.41, 5.74) is 6.33. The Bertz CT molecular complexity index is 202. The molecule has 3 nitrogen and oxygen atoms in total. The van der Waals surface area contributed by atoms with Crippen LogP contribution in [0.4, 0.5) is 0 Å². The summed E-state index contributed by atoms with van der Waals surface area (Å²) in [5.74, 6) is 0. The lowest BCUT2D eigenvalue weighted by Gasteiger charge is -2.50. The fourth-order valence-corrected chi connectivity index (χ4v) is 2.77. The summed E-state index contributed by atoms with van der Waals surface area (Å²) in [6, 6.07) is 0. The minimum atomic E-state index is 0.0168. The molecule has 0 aromatic carbocycles. The fraction of sp³-hybridized carbons (Fsp3) is 1.00. The number of ether oxygens (including phenoxy) is 1. The van der Waals surface area contributed by atoms with Gasteiger partial charge in [-0.25, -0.2) is 0 Å². The van der Waals surface area contributed by atoms with Crippen molar-refractivity contribution >= 4 is 0 Å². The third-order valence-electron chi connectivity index (χ3n) is 3.63. The van der Waals surface area contributed by atoms with Gasteiger partial charge in [-0.3, -0.25) is 0 Å². The van der Waals surface area contributed by atoms with Gasteiger partial charge in [0, 0.05) is 18.6 Å². The van der Waals surface area contributed by atoms with Crippen LogP contribution >= 0.6 is 0 Å². The zero-order valence-corrected chi connectivity index (χ0v) is 6.60. The van der Waals surface area contributed by atoms with E-state index < -0.39 is 0 Å². The fourth-order valence-electron chi connectivity index (χ4n) is 2.77. The van der Waals surface area contributed by atoms with Crippen molar-refractivity contribution in [1.82, 2.24) is 5.32 Å². The maximum Gasteiger partial charge on any atom is 0.111 e. The number of hydrogen-bond acceptors (Lipinski definition) is 3. The summed E-state index contributed by atoms with van der Waals surface area (Å²) in [5, 5.41) is 3.25. The third-order valence-corrected chi connectivity index (χ3v) is 3.63. The number of rotatable bonds is 0. The number of fused-ring (bicyclic) bond motifs is 3. The predicted molar refractivity (Wildman–Crippen MR) is 41.2 cm³/mol. The molecule has 1 saturated carbocycles. The molecule has 2 aliphatic heterocycles. The summed E-state index contributed by atoms with van der Waals surface area (Å²) in [7, 11) is 0. The Morgan fingerprint density at radius 1 is 1.45 bits per heavy atom. The maximum absolute atomic E-state index is 6.28. The Balaban J connectivity index is 1.97. The molecule has 2 bridgehead atoms. The van der Waals surface area contributed by atoms with Gasteiger partial charge in [0.1, 0.15) is 5.60 Å². The molecular formula is C8H14N2O. The van der Waals surface area contributed by atoms with Crippen molar-refractivity contribution in [3.8, 4) is 0 Å². The summed E-state index contributed by atoms with van der Waals surface area (Å²) >= 11 is 0. The van der Waals surface area contributed by atoms with Crippen LogP contribution in [0.1, 0.15) is 19.3 Å². The lowest BCUT2D eigenvalue weighted by Crippen LogP contribution is -2.73. The van der Waals surface area contributed by atoms with Crippen molar-refractivity contribution in [2.45, 2.75) is 36.5 Å². The van der Waals surface area contributed by atoms with Gasteiger partial charge in [-0.15, -0.1) is 0 Å². The van der Waals surface area contributed by atoms with E-state index in [-0.39, 0.29) is 11.1 Å². The maximum atomic E-state index is 6.28. The van der Waals surface area contributed by atoms with Crippen LogP contribution in [-0.4, -0.2) is 30.3 Å². The first-order valence-electron chi connectivity index (χ1n) is 4.42. The molecular weight excluding hydrogens is 140 g/mol. The van der Waals surface area contributed by atoms with E-state index in [1.165, 1.54) is 12.8 Å². The highest BCUT2D eigenvalue weighted by atomic mass is 16.5. The van der Waals surface area contributed by atoms with Crippen molar-refractivity contribution in [3.63, 3.8) is 0 Å². The van der Waals surface area contributed by atoms with Crippen LogP contribution < -0.4 is 11.1 Å². The second-order valence-corrected chi connectivity index (χ2v) is 4.24. The summed E-state index contributed by atoms with van der Waals surface area (Å²) < 4.78 is 5.90. The van der Waals surface area contributed by atoms with Gasteiger partial charge in [-0.2, -0.15) is 0 Å². The van der Waals surface area contributed by atoms with Gasteiger partial charge < -0.3 is 15.8 Å². The average molecular weight is 154 g/mol. The smallest absolute Gasteiger partial charge is 0.111 e. The Hall–Kier alpha value is -0.120. The van der Waals surface area contributed by atoms with Crippen molar-refractivity contribution in [1.29, 1.82) is 0 Å². The van der Waals surface area contributed by atoms with E-state index in [1.807, 2.05) is 0 Å². The van der Waals surface area contributed by atoms with Crippen LogP contribution in [0.3, 0.4) is 0 Å². The monoisotopic (exact) mass is 154 g/mol. The van der Waals surface area contributed by atoms with E-state index in [2.05, 4.69) is 5.32 Å². The lowest BCUT2D eigenvalue weighted by molar-refractivity contribution is -0.123. The zero-order valence-electron chi connectivity index (χ0n) is 6.60. The summed E-state index contributed by atoms with van der Waals surface area (Å²) in [6.45, 7) is 1.94. The van der Waals surface area contributed by atoms with E-state index in [4.69, 9.17) is 10.5 Å². The molecule has 3 N–H and O–H groups in total. The van der Waals surface area contributed by atoms with Crippen LogP contribution in [0.5, 0.6) is 0 Å². The van der Waals surface area contributed by atoms with Crippen molar-refractivity contribution in [2.75, 3.05) is 13.1 Å². The molecule has 62 valence electrons. The van der Waals surface area contributed by atoms with E-state index in [0.29, 0.717) is 6.10 Å². The van der Waals surface area contributed by atoms with Crippen LogP contribution in [0.15, 0.2) is 0 Å². The van der Waals surface area contributed by atoms with E-state index >= 15 is 0 Å². The molecule has 0 aromatic rings. The molecule has 1 aliphatic carbocycles. The van der Waals surface area contributed by atoms with Gasteiger partial charge in [0.25, 0.3) is 0 Å². The lowest BCUT2D eigenvalue weighted by atomic mass is 9.76. The van der Waals surface area contributed by atoms with E-state index in [0.717, 1.165) is 19.5 Å². The molecule has 11 heavy (non-hydrogen) atoms. The van der Waals surface area contributed by atoms with Gasteiger partial charge >= 0.3 is 0 Å². The van der Waals surface area contributed by atoms with Crippen LogP contribution in [0.25, 0.3) is 0 Å². The highest BCUT2D eigenvalue weighted by Gasteiger charge is 2.63. The quantitative estimate of drug-likeness (QED) is 0.499.